The summed E-state index contributed by atoms with van der Waals surface area (Å²) in [5.74, 6) is 0.637. The molecule has 5 heteroatoms. The number of nitrogens with one attached hydrogen (secondary N) is 1. The topological polar surface area (TPSA) is 29.1 Å². The molecule has 0 aliphatic heterocycles. The first-order valence-electron chi connectivity index (χ1n) is 6.23. The molecule has 0 atom stereocenters. The molecule has 19 heavy (non-hydrogen) atoms. The SMILES string of the molecule is CCCNC(=O)CSC(c1ccsc1)c1ccsc1. The van der Waals surface area contributed by atoms with Crippen LogP contribution < -0.4 is 5.32 Å². The highest BCUT2D eigenvalue weighted by Gasteiger charge is 2.17. The molecular weight excluding hydrogens is 294 g/mol. The van der Waals surface area contributed by atoms with Crippen molar-refractivity contribution in [3.05, 3.63) is 44.8 Å². The molecule has 1 amide bonds. The number of amides is 1. The Morgan fingerprint density at radius 3 is 2.37 bits per heavy atom. The zero-order chi connectivity index (χ0) is 13.5. The molecule has 2 rings (SSSR count). The molecule has 2 nitrogen and oxygen atoms in total. The van der Waals surface area contributed by atoms with Crippen LogP contribution in [0.4, 0.5) is 0 Å². The minimum absolute atomic E-state index is 0.127. The van der Waals surface area contributed by atoms with E-state index in [2.05, 4.69) is 45.9 Å². The maximum Gasteiger partial charge on any atom is 0.230 e. The number of rotatable bonds is 7. The normalized spacial score (nSPS) is 10.8. The van der Waals surface area contributed by atoms with Crippen LogP contribution in [0.1, 0.15) is 29.7 Å². The summed E-state index contributed by atoms with van der Waals surface area (Å²) in [6, 6.07) is 4.29. The van der Waals surface area contributed by atoms with E-state index < -0.39 is 0 Å². The Labute approximate surface area is 126 Å². The van der Waals surface area contributed by atoms with Crippen molar-refractivity contribution in [3.63, 3.8) is 0 Å². The average Bonchev–Trinajstić information content (AvgIpc) is 3.09. The van der Waals surface area contributed by atoms with Gasteiger partial charge < -0.3 is 5.32 Å². The maximum atomic E-state index is 11.7. The van der Waals surface area contributed by atoms with Gasteiger partial charge in [0.2, 0.25) is 5.91 Å². The number of hydrogen-bond donors (Lipinski definition) is 1. The molecule has 0 saturated carbocycles. The lowest BCUT2D eigenvalue weighted by molar-refractivity contribution is -0.118. The lowest BCUT2D eigenvalue weighted by Crippen LogP contribution is -2.26. The Balaban J connectivity index is 1.98. The Hall–Kier alpha value is -0.780. The van der Waals surface area contributed by atoms with E-state index in [9.17, 15) is 4.79 Å². The molecule has 2 aromatic heterocycles. The van der Waals surface area contributed by atoms with Gasteiger partial charge in [-0.3, -0.25) is 4.79 Å². The summed E-state index contributed by atoms with van der Waals surface area (Å²) in [7, 11) is 0. The Kier molecular flexibility index (Phi) is 5.94. The van der Waals surface area contributed by atoms with E-state index in [1.54, 1.807) is 34.4 Å². The third-order valence-corrected chi connectivity index (χ3v) is 5.35. The van der Waals surface area contributed by atoms with Gasteiger partial charge in [0.1, 0.15) is 0 Å². The predicted molar refractivity (Wildman–Crippen MR) is 86.2 cm³/mol. The van der Waals surface area contributed by atoms with Crippen LogP contribution in [-0.2, 0) is 4.79 Å². The van der Waals surface area contributed by atoms with Crippen molar-refractivity contribution in [3.8, 4) is 0 Å². The van der Waals surface area contributed by atoms with Crippen LogP contribution in [0.5, 0.6) is 0 Å². The van der Waals surface area contributed by atoms with Crippen molar-refractivity contribution in [1.82, 2.24) is 5.32 Å². The van der Waals surface area contributed by atoms with Crippen molar-refractivity contribution in [2.75, 3.05) is 12.3 Å². The van der Waals surface area contributed by atoms with Crippen LogP contribution in [-0.4, -0.2) is 18.2 Å². The molecule has 2 heterocycles. The molecule has 0 aliphatic carbocycles. The van der Waals surface area contributed by atoms with Gasteiger partial charge in [0, 0.05) is 6.54 Å². The summed E-state index contributed by atoms with van der Waals surface area (Å²) < 4.78 is 0. The number of carbonyl (C=O) groups is 1. The van der Waals surface area contributed by atoms with Crippen molar-refractivity contribution in [2.24, 2.45) is 0 Å². The largest absolute Gasteiger partial charge is 0.355 e. The number of hydrogen-bond acceptors (Lipinski definition) is 4. The standard InChI is InChI=1S/C14H17NOS3/c1-2-5-15-13(16)10-19-14(11-3-6-17-8-11)12-4-7-18-9-12/h3-4,6-9,14H,2,5,10H2,1H3,(H,15,16). The van der Waals surface area contributed by atoms with Gasteiger partial charge in [-0.05, 0) is 51.2 Å². The average molecular weight is 311 g/mol. The number of carbonyl (C=O) groups excluding carboxylic acids is 1. The molecule has 0 aromatic carbocycles. The van der Waals surface area contributed by atoms with Gasteiger partial charge in [-0.2, -0.15) is 22.7 Å². The summed E-state index contributed by atoms with van der Waals surface area (Å²) >= 11 is 5.10. The van der Waals surface area contributed by atoms with E-state index in [0.29, 0.717) is 5.75 Å². The smallest absolute Gasteiger partial charge is 0.230 e. The van der Waals surface area contributed by atoms with E-state index in [1.165, 1.54) is 11.1 Å². The highest BCUT2D eigenvalue weighted by molar-refractivity contribution is 8.00. The fraction of sp³-hybridized carbons (Fsp3) is 0.357. The van der Waals surface area contributed by atoms with Gasteiger partial charge in [-0.15, -0.1) is 11.8 Å². The van der Waals surface area contributed by atoms with Crippen molar-refractivity contribution in [1.29, 1.82) is 0 Å². The van der Waals surface area contributed by atoms with Crippen LogP contribution in [0, 0.1) is 0 Å². The Morgan fingerprint density at radius 1 is 1.26 bits per heavy atom. The van der Waals surface area contributed by atoms with Crippen LogP contribution in [0.15, 0.2) is 33.7 Å². The van der Waals surface area contributed by atoms with E-state index >= 15 is 0 Å². The second kappa shape index (κ2) is 7.72. The lowest BCUT2D eigenvalue weighted by atomic mass is 10.1. The minimum atomic E-state index is 0.127. The van der Waals surface area contributed by atoms with Gasteiger partial charge in [-0.25, -0.2) is 0 Å². The molecule has 0 aliphatic rings. The number of thiophene rings is 2. The summed E-state index contributed by atoms with van der Waals surface area (Å²) in [4.78, 5) is 11.7. The maximum absolute atomic E-state index is 11.7. The van der Waals surface area contributed by atoms with Gasteiger partial charge in [0.15, 0.2) is 0 Å². The monoisotopic (exact) mass is 311 g/mol. The first-order valence-corrected chi connectivity index (χ1v) is 9.17. The van der Waals surface area contributed by atoms with Crippen molar-refractivity contribution < 1.29 is 4.79 Å². The fourth-order valence-electron chi connectivity index (χ4n) is 1.71. The molecule has 0 fully saturated rings. The van der Waals surface area contributed by atoms with Gasteiger partial charge in [-0.1, -0.05) is 6.92 Å². The quantitative estimate of drug-likeness (QED) is 0.832. The molecule has 0 radical (unpaired) electrons. The van der Waals surface area contributed by atoms with Crippen LogP contribution >= 0.6 is 34.4 Å². The highest BCUT2D eigenvalue weighted by Crippen LogP contribution is 2.37. The van der Waals surface area contributed by atoms with Crippen molar-refractivity contribution in [2.45, 2.75) is 18.6 Å². The minimum Gasteiger partial charge on any atom is -0.355 e. The second-order valence-electron chi connectivity index (χ2n) is 4.15. The fourth-order valence-corrected chi connectivity index (χ4v) is 4.35. The van der Waals surface area contributed by atoms with Crippen LogP contribution in [0.25, 0.3) is 0 Å². The molecule has 0 saturated heterocycles. The van der Waals surface area contributed by atoms with Crippen LogP contribution in [0.3, 0.4) is 0 Å². The molecule has 0 unspecified atom stereocenters. The third-order valence-electron chi connectivity index (χ3n) is 2.65. The molecule has 1 N–H and O–H groups in total. The summed E-state index contributed by atoms with van der Waals surface area (Å²) in [6.45, 7) is 2.83. The predicted octanol–water partition coefficient (Wildman–Crippen LogP) is 4.16. The highest BCUT2D eigenvalue weighted by atomic mass is 32.2. The molecule has 0 bridgehead atoms. The van der Waals surface area contributed by atoms with Gasteiger partial charge >= 0.3 is 0 Å². The molecular formula is C14H17NOS3. The van der Waals surface area contributed by atoms with E-state index in [4.69, 9.17) is 0 Å². The first-order chi connectivity index (χ1) is 9.31. The van der Waals surface area contributed by atoms with Crippen molar-refractivity contribution >= 4 is 40.3 Å². The summed E-state index contributed by atoms with van der Waals surface area (Å²) in [5.41, 5.74) is 2.58. The number of thioether (sulfide) groups is 1. The Bertz CT molecular complexity index is 445. The lowest BCUT2D eigenvalue weighted by Gasteiger charge is -2.14. The zero-order valence-corrected chi connectivity index (χ0v) is 13.2. The Morgan fingerprint density at radius 2 is 1.89 bits per heavy atom. The molecule has 102 valence electrons. The first kappa shape index (κ1) is 14.6. The van der Waals surface area contributed by atoms with E-state index in [0.717, 1.165) is 13.0 Å². The molecule has 0 spiro atoms. The van der Waals surface area contributed by atoms with E-state index in [1.807, 2.05) is 0 Å². The summed E-state index contributed by atoms with van der Waals surface area (Å²) in [5, 5.41) is 11.7. The van der Waals surface area contributed by atoms with Crippen LogP contribution in [0.2, 0.25) is 0 Å². The zero-order valence-electron chi connectivity index (χ0n) is 10.8. The second-order valence-corrected chi connectivity index (χ2v) is 6.81. The van der Waals surface area contributed by atoms with Gasteiger partial charge in [0.05, 0.1) is 11.0 Å². The van der Waals surface area contributed by atoms with E-state index in [-0.39, 0.29) is 11.2 Å². The summed E-state index contributed by atoms with van der Waals surface area (Å²) in [6.07, 6.45) is 0.981. The van der Waals surface area contributed by atoms with Gasteiger partial charge in [0.25, 0.3) is 0 Å². The third kappa shape index (κ3) is 4.37. The molecule has 2 aromatic rings.